The van der Waals surface area contributed by atoms with E-state index >= 15 is 0 Å². The summed E-state index contributed by atoms with van der Waals surface area (Å²) in [5.74, 6) is -1.35. The topological polar surface area (TPSA) is 84.5 Å². The van der Waals surface area contributed by atoms with E-state index in [2.05, 4.69) is 10.6 Å². The minimum Gasteiger partial charge on any atom is -0.445 e. The van der Waals surface area contributed by atoms with Crippen LogP contribution >= 0.6 is 0 Å². The lowest BCUT2D eigenvalue weighted by Gasteiger charge is -2.29. The third kappa shape index (κ3) is 6.50. The predicted octanol–water partition coefficient (Wildman–Crippen LogP) is 2.57. The zero-order valence-corrected chi connectivity index (χ0v) is 15.6. The summed E-state index contributed by atoms with van der Waals surface area (Å²) < 4.78 is 17.6. The van der Waals surface area contributed by atoms with E-state index < -0.39 is 36.5 Å². The van der Waals surface area contributed by atoms with Gasteiger partial charge in [0.15, 0.2) is 5.78 Å². The van der Waals surface area contributed by atoms with Crippen LogP contribution in [0.2, 0.25) is 0 Å². The average molecular weight is 386 g/mol. The molecule has 6 nitrogen and oxygen atoms in total. The van der Waals surface area contributed by atoms with Gasteiger partial charge in [-0.05, 0) is 18.1 Å². The Morgan fingerprint density at radius 1 is 0.964 bits per heavy atom. The molecule has 7 heteroatoms. The molecule has 0 saturated carbocycles. The second-order valence-corrected chi connectivity index (χ2v) is 6.54. The minimum atomic E-state index is -1.38. The molecule has 0 spiro atoms. The number of alkyl halides is 1. The van der Waals surface area contributed by atoms with Gasteiger partial charge in [-0.15, -0.1) is 0 Å². The van der Waals surface area contributed by atoms with Gasteiger partial charge in [0.1, 0.15) is 18.8 Å². The first-order valence-electron chi connectivity index (χ1n) is 8.82. The Labute approximate surface area is 163 Å². The van der Waals surface area contributed by atoms with Crippen molar-refractivity contribution in [1.82, 2.24) is 10.6 Å². The molecular formula is C21H23FN2O4. The van der Waals surface area contributed by atoms with E-state index in [1.54, 1.807) is 0 Å². The van der Waals surface area contributed by atoms with Gasteiger partial charge in [-0.1, -0.05) is 60.7 Å². The molecule has 2 aromatic rings. The molecule has 0 fully saturated rings. The van der Waals surface area contributed by atoms with E-state index in [1.165, 1.54) is 6.92 Å². The number of ketones is 1. The van der Waals surface area contributed by atoms with Crippen molar-refractivity contribution in [2.45, 2.75) is 25.5 Å². The highest BCUT2D eigenvalue weighted by Crippen LogP contribution is 2.15. The zero-order chi connectivity index (χ0) is 20.4. The molecule has 1 atom stereocenters. The van der Waals surface area contributed by atoms with Gasteiger partial charge >= 0.3 is 6.09 Å². The molecule has 2 amide bonds. The second kappa shape index (κ2) is 10.2. The van der Waals surface area contributed by atoms with E-state index in [9.17, 15) is 18.8 Å². The van der Waals surface area contributed by atoms with Crippen molar-refractivity contribution in [3.05, 3.63) is 71.8 Å². The van der Waals surface area contributed by atoms with Crippen molar-refractivity contribution in [3.63, 3.8) is 0 Å². The van der Waals surface area contributed by atoms with E-state index in [0.717, 1.165) is 11.1 Å². The van der Waals surface area contributed by atoms with Crippen LogP contribution in [-0.4, -0.2) is 36.5 Å². The summed E-state index contributed by atoms with van der Waals surface area (Å²) in [6, 6.07) is 18.2. The first-order chi connectivity index (χ1) is 13.4. The van der Waals surface area contributed by atoms with Crippen LogP contribution in [0.4, 0.5) is 9.18 Å². The van der Waals surface area contributed by atoms with Gasteiger partial charge in [-0.25, -0.2) is 9.18 Å². The van der Waals surface area contributed by atoms with Crippen molar-refractivity contribution in [3.8, 4) is 0 Å². The van der Waals surface area contributed by atoms with Crippen LogP contribution in [0.3, 0.4) is 0 Å². The molecule has 0 unspecified atom stereocenters. The minimum absolute atomic E-state index is 0.0516. The molecule has 0 aliphatic carbocycles. The van der Waals surface area contributed by atoms with Gasteiger partial charge in [-0.3, -0.25) is 9.59 Å². The van der Waals surface area contributed by atoms with Crippen LogP contribution in [-0.2, 0) is 27.4 Å². The number of benzene rings is 2. The lowest BCUT2D eigenvalue weighted by Crippen LogP contribution is -2.58. The number of rotatable bonds is 9. The molecule has 0 heterocycles. The van der Waals surface area contributed by atoms with Crippen molar-refractivity contribution in [2.75, 3.05) is 13.2 Å². The Bertz CT molecular complexity index is 799. The number of hydrogen-bond acceptors (Lipinski definition) is 4. The fourth-order valence-corrected chi connectivity index (χ4v) is 2.59. The highest BCUT2D eigenvalue weighted by atomic mass is 19.1. The van der Waals surface area contributed by atoms with E-state index in [0.29, 0.717) is 0 Å². The van der Waals surface area contributed by atoms with Gasteiger partial charge in [0.2, 0.25) is 5.91 Å². The smallest absolute Gasteiger partial charge is 0.408 e. The van der Waals surface area contributed by atoms with Crippen LogP contribution in [0.25, 0.3) is 0 Å². The fourth-order valence-electron chi connectivity index (χ4n) is 2.59. The summed E-state index contributed by atoms with van der Waals surface area (Å²) in [4.78, 5) is 36.1. The quantitative estimate of drug-likeness (QED) is 0.694. The molecule has 0 aromatic heterocycles. The number of carbonyl (C=O) groups is 3. The van der Waals surface area contributed by atoms with Gasteiger partial charge < -0.3 is 15.4 Å². The molecule has 148 valence electrons. The van der Waals surface area contributed by atoms with Crippen LogP contribution < -0.4 is 10.6 Å². The Morgan fingerprint density at radius 3 is 2.11 bits per heavy atom. The summed E-state index contributed by atoms with van der Waals surface area (Å²) in [5.41, 5.74) is 0.229. The Hall–Kier alpha value is -3.22. The van der Waals surface area contributed by atoms with Crippen LogP contribution in [0.1, 0.15) is 18.1 Å². The number of ether oxygens (including phenoxy) is 1. The largest absolute Gasteiger partial charge is 0.445 e. The van der Waals surface area contributed by atoms with Crippen LogP contribution in [0.5, 0.6) is 0 Å². The number of halogens is 1. The molecule has 2 N–H and O–H groups in total. The Kier molecular flexibility index (Phi) is 7.68. The van der Waals surface area contributed by atoms with Gasteiger partial charge in [0.25, 0.3) is 0 Å². The molecule has 28 heavy (non-hydrogen) atoms. The first-order valence-corrected chi connectivity index (χ1v) is 8.82. The molecular weight excluding hydrogens is 363 g/mol. The van der Waals surface area contributed by atoms with Crippen molar-refractivity contribution in [2.24, 2.45) is 0 Å². The Balaban J connectivity index is 2.06. The van der Waals surface area contributed by atoms with Crippen molar-refractivity contribution < 1.29 is 23.5 Å². The number of Topliss-reactive ketones (excluding diaryl/α,β-unsaturated/α-hetero) is 1. The maximum Gasteiger partial charge on any atom is 0.408 e. The molecule has 0 aliphatic rings. The zero-order valence-electron chi connectivity index (χ0n) is 15.6. The number of amides is 2. The highest BCUT2D eigenvalue weighted by Gasteiger charge is 2.36. The normalized spacial score (nSPS) is 12.5. The van der Waals surface area contributed by atoms with Crippen LogP contribution in [0.15, 0.2) is 60.7 Å². The number of alkyl carbamates (subject to hydrolysis) is 1. The van der Waals surface area contributed by atoms with E-state index in [1.807, 2.05) is 60.7 Å². The summed E-state index contributed by atoms with van der Waals surface area (Å²) in [6.07, 6.45) is -0.599. The summed E-state index contributed by atoms with van der Waals surface area (Å²) >= 11 is 0. The molecule has 2 aromatic carbocycles. The average Bonchev–Trinajstić information content (AvgIpc) is 2.71. The van der Waals surface area contributed by atoms with Gasteiger partial charge in [0.05, 0.1) is 6.54 Å². The summed E-state index contributed by atoms with van der Waals surface area (Å²) in [7, 11) is 0. The summed E-state index contributed by atoms with van der Waals surface area (Å²) in [5, 5.41) is 4.95. The molecule has 0 radical (unpaired) electrons. The standard InChI is InChI=1S/C21H23FN2O4/c1-21(12-16-8-4-2-5-9-16,19(26)23-14-18(25)13-22)24-20(27)28-15-17-10-6-3-7-11-17/h2-11H,12-15H2,1H3,(H,23,26)(H,24,27)/t21-/m0/s1. The third-order valence-corrected chi connectivity index (χ3v) is 4.09. The lowest BCUT2D eigenvalue weighted by molar-refractivity contribution is -0.129. The number of nitrogens with one attached hydrogen (secondary N) is 2. The predicted molar refractivity (Wildman–Crippen MR) is 102 cm³/mol. The fraction of sp³-hybridized carbons (Fsp3) is 0.286. The third-order valence-electron chi connectivity index (χ3n) is 4.09. The van der Waals surface area contributed by atoms with Crippen LogP contribution in [0, 0.1) is 0 Å². The summed E-state index contributed by atoms with van der Waals surface area (Å²) in [6.45, 7) is -0.0300. The maximum atomic E-state index is 12.6. The lowest BCUT2D eigenvalue weighted by atomic mass is 9.91. The highest BCUT2D eigenvalue weighted by molar-refractivity contribution is 5.93. The van der Waals surface area contributed by atoms with Gasteiger partial charge in [0, 0.05) is 6.42 Å². The second-order valence-electron chi connectivity index (χ2n) is 6.54. The van der Waals surface area contributed by atoms with E-state index in [4.69, 9.17) is 4.74 Å². The van der Waals surface area contributed by atoms with Crippen molar-refractivity contribution >= 4 is 17.8 Å². The molecule has 0 saturated heterocycles. The van der Waals surface area contributed by atoms with Crippen molar-refractivity contribution in [1.29, 1.82) is 0 Å². The van der Waals surface area contributed by atoms with E-state index in [-0.39, 0.29) is 13.0 Å². The molecule has 0 bridgehead atoms. The molecule has 0 aliphatic heterocycles. The first kappa shape index (κ1) is 21.1. The number of carbonyl (C=O) groups excluding carboxylic acids is 3. The van der Waals surface area contributed by atoms with Gasteiger partial charge in [-0.2, -0.15) is 0 Å². The molecule has 2 rings (SSSR count). The number of hydrogen-bond donors (Lipinski definition) is 2. The maximum absolute atomic E-state index is 12.6. The Morgan fingerprint density at radius 2 is 1.54 bits per heavy atom. The monoisotopic (exact) mass is 386 g/mol. The SMILES string of the molecule is C[C@@](Cc1ccccc1)(NC(=O)OCc1ccccc1)C(=O)NCC(=O)CF.